The van der Waals surface area contributed by atoms with Crippen LogP contribution >= 0.6 is 23.2 Å². The number of nitrogens with zero attached hydrogens (tertiary/aromatic N) is 3. The molecule has 0 saturated carbocycles. The van der Waals surface area contributed by atoms with Crippen LogP contribution in [0, 0.1) is 13.8 Å². The van der Waals surface area contributed by atoms with Crippen LogP contribution in [0.2, 0.25) is 10.0 Å². The second-order valence-corrected chi connectivity index (χ2v) is 8.19. The molecule has 3 aromatic carbocycles. The third-order valence-corrected chi connectivity index (χ3v) is 5.53. The Morgan fingerprint density at radius 1 is 1.00 bits per heavy atom. The zero-order chi connectivity index (χ0) is 22.7. The fourth-order valence-corrected chi connectivity index (χ4v) is 3.69. The zero-order valence-corrected chi connectivity index (χ0v) is 19.0. The Morgan fingerprint density at radius 2 is 1.75 bits per heavy atom. The minimum absolute atomic E-state index is 0.253. The van der Waals surface area contributed by atoms with Crippen molar-refractivity contribution in [3.63, 3.8) is 0 Å². The van der Waals surface area contributed by atoms with E-state index in [1.54, 1.807) is 28.9 Å². The van der Waals surface area contributed by atoms with Gasteiger partial charge in [0.15, 0.2) is 5.69 Å². The summed E-state index contributed by atoms with van der Waals surface area (Å²) in [5, 5.41) is 9.58. The Kier molecular flexibility index (Phi) is 6.40. The molecule has 1 N–H and O–H groups in total. The van der Waals surface area contributed by atoms with Gasteiger partial charge in [-0.15, -0.1) is 0 Å². The maximum Gasteiger partial charge on any atom is 0.291 e. The highest BCUT2D eigenvalue weighted by Gasteiger charge is 2.17. The Hall–Kier alpha value is -3.41. The van der Waals surface area contributed by atoms with E-state index in [-0.39, 0.29) is 5.69 Å². The van der Waals surface area contributed by atoms with Gasteiger partial charge < -0.3 is 0 Å². The molecule has 0 saturated heterocycles. The van der Waals surface area contributed by atoms with Crippen LogP contribution in [0.15, 0.2) is 77.9 Å². The first-order valence-electron chi connectivity index (χ1n) is 9.94. The number of hydrogen-bond acceptors (Lipinski definition) is 3. The summed E-state index contributed by atoms with van der Waals surface area (Å²) < 4.78 is 1.79. The maximum atomic E-state index is 12.8. The number of carbonyl (C=O) groups excluding carboxylic acids is 1. The molecule has 0 unspecified atom stereocenters. The van der Waals surface area contributed by atoms with Crippen LogP contribution < -0.4 is 5.43 Å². The molecule has 5 nitrogen and oxygen atoms in total. The molecular formula is C25H20Cl2N4O. The summed E-state index contributed by atoms with van der Waals surface area (Å²) in [4.78, 5) is 12.8. The Morgan fingerprint density at radius 3 is 2.47 bits per heavy atom. The summed E-state index contributed by atoms with van der Waals surface area (Å²) in [6.07, 6.45) is 1.47. The van der Waals surface area contributed by atoms with Crippen LogP contribution in [0.1, 0.15) is 27.2 Å². The van der Waals surface area contributed by atoms with Crippen molar-refractivity contribution in [1.29, 1.82) is 0 Å². The molecule has 32 heavy (non-hydrogen) atoms. The number of aromatic nitrogens is 2. The summed E-state index contributed by atoms with van der Waals surface area (Å²) in [7, 11) is 0. The molecule has 0 atom stereocenters. The second kappa shape index (κ2) is 9.39. The number of halogens is 2. The predicted octanol–water partition coefficient (Wildman–Crippen LogP) is 6.23. The molecule has 4 rings (SSSR count). The monoisotopic (exact) mass is 462 g/mol. The van der Waals surface area contributed by atoms with E-state index >= 15 is 0 Å². The van der Waals surface area contributed by atoms with Crippen LogP contribution in [0.3, 0.4) is 0 Å². The molecule has 1 heterocycles. The number of rotatable bonds is 5. The van der Waals surface area contributed by atoms with Gasteiger partial charge in [0.1, 0.15) is 0 Å². The van der Waals surface area contributed by atoms with Crippen molar-refractivity contribution in [2.75, 3.05) is 0 Å². The van der Waals surface area contributed by atoms with Crippen molar-refractivity contribution in [3.05, 3.63) is 105 Å². The lowest BCUT2D eigenvalue weighted by Gasteiger charge is -2.10. The molecule has 0 aliphatic heterocycles. The van der Waals surface area contributed by atoms with E-state index in [1.807, 2.05) is 62.4 Å². The SMILES string of the molecule is Cc1ccc(-c2cc(C(=O)N/N=C\c3ccc(Cl)cc3Cl)nn2-c2ccccc2C)cc1. The van der Waals surface area contributed by atoms with Gasteiger partial charge in [0.2, 0.25) is 0 Å². The number of para-hydroxylation sites is 1. The number of nitrogens with one attached hydrogen (secondary N) is 1. The number of hydrazone groups is 1. The van der Waals surface area contributed by atoms with Gasteiger partial charge in [-0.1, -0.05) is 77.3 Å². The van der Waals surface area contributed by atoms with Crippen molar-refractivity contribution in [3.8, 4) is 16.9 Å². The summed E-state index contributed by atoms with van der Waals surface area (Å²) >= 11 is 12.1. The highest BCUT2D eigenvalue weighted by molar-refractivity contribution is 6.36. The molecule has 0 spiro atoms. The van der Waals surface area contributed by atoms with Gasteiger partial charge in [-0.25, -0.2) is 10.1 Å². The van der Waals surface area contributed by atoms with E-state index < -0.39 is 5.91 Å². The minimum Gasteiger partial charge on any atom is -0.265 e. The smallest absolute Gasteiger partial charge is 0.265 e. The minimum atomic E-state index is -0.424. The van der Waals surface area contributed by atoms with E-state index in [0.717, 1.165) is 28.1 Å². The van der Waals surface area contributed by atoms with Gasteiger partial charge in [-0.3, -0.25) is 4.79 Å². The van der Waals surface area contributed by atoms with Crippen LogP contribution in [-0.2, 0) is 0 Å². The van der Waals surface area contributed by atoms with Gasteiger partial charge in [0.25, 0.3) is 5.91 Å². The third kappa shape index (κ3) is 4.74. The number of benzene rings is 3. The molecule has 1 aromatic heterocycles. The van der Waals surface area contributed by atoms with Gasteiger partial charge in [-0.2, -0.15) is 10.2 Å². The molecule has 4 aromatic rings. The number of amides is 1. The molecule has 7 heteroatoms. The quantitative estimate of drug-likeness (QED) is 0.282. The highest BCUT2D eigenvalue weighted by atomic mass is 35.5. The summed E-state index contributed by atoms with van der Waals surface area (Å²) in [6, 6.07) is 22.8. The lowest BCUT2D eigenvalue weighted by molar-refractivity contribution is 0.0949. The number of hydrogen-bond donors (Lipinski definition) is 1. The molecule has 0 aliphatic carbocycles. The van der Waals surface area contributed by atoms with Crippen molar-refractivity contribution in [2.24, 2.45) is 5.10 Å². The van der Waals surface area contributed by atoms with Crippen LogP contribution in [0.25, 0.3) is 16.9 Å². The Balaban J connectivity index is 1.66. The van der Waals surface area contributed by atoms with Crippen molar-refractivity contribution in [1.82, 2.24) is 15.2 Å². The van der Waals surface area contributed by atoms with Crippen LogP contribution in [-0.4, -0.2) is 21.9 Å². The third-order valence-electron chi connectivity index (χ3n) is 4.97. The summed E-state index contributed by atoms with van der Waals surface area (Å²) in [5.41, 5.74) is 8.29. The molecule has 0 fully saturated rings. The molecule has 0 bridgehead atoms. The first kappa shape index (κ1) is 21.8. The molecule has 160 valence electrons. The van der Waals surface area contributed by atoms with Gasteiger partial charge in [0, 0.05) is 16.1 Å². The Bertz CT molecular complexity index is 1310. The van der Waals surface area contributed by atoms with Crippen LogP contribution in [0.5, 0.6) is 0 Å². The van der Waals surface area contributed by atoms with Crippen molar-refractivity contribution in [2.45, 2.75) is 13.8 Å². The standard InChI is InChI=1S/C25H20Cl2N4O/c1-16-7-9-18(10-8-16)24-14-22(30-31(24)23-6-4-3-5-17(23)2)25(32)29-28-15-19-11-12-20(26)13-21(19)27/h3-15H,1-2H3,(H,29,32)/b28-15-. The predicted molar refractivity (Wildman–Crippen MR) is 130 cm³/mol. The molecule has 0 radical (unpaired) electrons. The molecule has 0 aliphatic rings. The average Bonchev–Trinajstić information content (AvgIpc) is 3.21. The number of aryl methyl sites for hydroxylation is 2. The topological polar surface area (TPSA) is 59.3 Å². The normalized spacial score (nSPS) is 11.1. The fourth-order valence-electron chi connectivity index (χ4n) is 3.23. The average molecular weight is 463 g/mol. The van der Waals surface area contributed by atoms with Gasteiger partial charge in [0.05, 0.1) is 22.6 Å². The van der Waals surface area contributed by atoms with Gasteiger partial charge in [-0.05, 0) is 43.7 Å². The first-order valence-corrected chi connectivity index (χ1v) is 10.7. The summed E-state index contributed by atoms with van der Waals surface area (Å²) in [5.74, 6) is -0.424. The van der Waals surface area contributed by atoms with E-state index in [2.05, 4.69) is 15.6 Å². The zero-order valence-electron chi connectivity index (χ0n) is 17.5. The molecular weight excluding hydrogens is 443 g/mol. The molecule has 1 amide bonds. The van der Waals surface area contributed by atoms with E-state index in [4.69, 9.17) is 23.2 Å². The number of carbonyl (C=O) groups is 1. The fraction of sp³-hybridized carbons (Fsp3) is 0.0800. The lowest BCUT2D eigenvalue weighted by Crippen LogP contribution is -2.18. The second-order valence-electron chi connectivity index (χ2n) is 7.34. The van der Waals surface area contributed by atoms with Crippen LogP contribution in [0.4, 0.5) is 0 Å². The largest absolute Gasteiger partial charge is 0.291 e. The van der Waals surface area contributed by atoms with E-state index in [0.29, 0.717) is 15.6 Å². The maximum absolute atomic E-state index is 12.8. The lowest BCUT2D eigenvalue weighted by atomic mass is 10.1. The first-order chi connectivity index (χ1) is 15.4. The Labute approximate surface area is 196 Å². The van der Waals surface area contributed by atoms with Crippen molar-refractivity contribution < 1.29 is 4.79 Å². The van der Waals surface area contributed by atoms with E-state index in [9.17, 15) is 4.79 Å². The van der Waals surface area contributed by atoms with Gasteiger partial charge >= 0.3 is 0 Å². The highest BCUT2D eigenvalue weighted by Crippen LogP contribution is 2.26. The van der Waals surface area contributed by atoms with Crippen molar-refractivity contribution >= 4 is 35.3 Å². The van der Waals surface area contributed by atoms with E-state index in [1.165, 1.54) is 6.21 Å². The summed E-state index contributed by atoms with van der Waals surface area (Å²) in [6.45, 7) is 4.04.